The number of nitro groups is 1. The number of benzene rings is 2. The molecule has 0 saturated carbocycles. The standard InChI is InChI=1S/C16H13N3O6/c20-14(21)9-17-15(22)10-4-6-12(7-5-10)18-16(23)11-2-1-3-13(8-11)19(24)25/h1-8H,9H2,(H,17,22)(H,18,23)(H,20,21). The smallest absolute Gasteiger partial charge is 0.322 e. The van der Waals surface area contributed by atoms with Crippen LogP contribution in [0.25, 0.3) is 0 Å². The first-order valence-corrected chi connectivity index (χ1v) is 7.02. The lowest BCUT2D eigenvalue weighted by Crippen LogP contribution is -2.29. The predicted octanol–water partition coefficient (Wildman–Crippen LogP) is 1.66. The van der Waals surface area contributed by atoms with Gasteiger partial charge in [-0.3, -0.25) is 24.5 Å². The SMILES string of the molecule is O=C(O)CNC(=O)c1ccc(NC(=O)c2cccc([N+](=O)[O-])c2)cc1. The van der Waals surface area contributed by atoms with Crippen LogP contribution in [0.3, 0.4) is 0 Å². The lowest BCUT2D eigenvalue weighted by atomic mass is 10.1. The van der Waals surface area contributed by atoms with Gasteiger partial charge in [-0.1, -0.05) is 6.07 Å². The van der Waals surface area contributed by atoms with E-state index in [1.54, 1.807) is 0 Å². The fraction of sp³-hybridized carbons (Fsp3) is 0.0625. The van der Waals surface area contributed by atoms with Crippen molar-refractivity contribution in [2.24, 2.45) is 0 Å². The Bertz CT molecular complexity index is 832. The Hall–Kier alpha value is -3.75. The second-order valence-electron chi connectivity index (χ2n) is 4.92. The number of carbonyl (C=O) groups is 3. The zero-order valence-electron chi connectivity index (χ0n) is 12.8. The highest BCUT2D eigenvalue weighted by molar-refractivity contribution is 6.05. The van der Waals surface area contributed by atoms with Crippen molar-refractivity contribution >= 4 is 29.2 Å². The first kappa shape index (κ1) is 17.6. The Morgan fingerprint density at radius 2 is 1.68 bits per heavy atom. The summed E-state index contributed by atoms with van der Waals surface area (Å²) in [6.07, 6.45) is 0. The van der Waals surface area contributed by atoms with E-state index in [1.165, 1.54) is 42.5 Å². The van der Waals surface area contributed by atoms with Crippen LogP contribution in [0.1, 0.15) is 20.7 Å². The third-order valence-electron chi connectivity index (χ3n) is 3.12. The second kappa shape index (κ2) is 7.68. The van der Waals surface area contributed by atoms with Crippen LogP contribution in [0.15, 0.2) is 48.5 Å². The molecule has 2 aromatic carbocycles. The summed E-state index contributed by atoms with van der Waals surface area (Å²) in [4.78, 5) is 44.3. The minimum absolute atomic E-state index is 0.123. The Morgan fingerprint density at radius 1 is 1.00 bits per heavy atom. The number of hydrogen-bond donors (Lipinski definition) is 3. The number of carbonyl (C=O) groups excluding carboxylic acids is 2. The fourth-order valence-electron chi connectivity index (χ4n) is 1.93. The van der Waals surface area contributed by atoms with E-state index in [4.69, 9.17) is 5.11 Å². The number of carboxylic acids is 1. The molecule has 0 saturated heterocycles. The highest BCUT2D eigenvalue weighted by Crippen LogP contribution is 2.15. The Labute approximate surface area is 141 Å². The van der Waals surface area contributed by atoms with Gasteiger partial charge in [-0.25, -0.2) is 0 Å². The zero-order valence-corrected chi connectivity index (χ0v) is 12.8. The minimum atomic E-state index is -1.16. The molecule has 9 nitrogen and oxygen atoms in total. The number of rotatable bonds is 6. The quantitative estimate of drug-likeness (QED) is 0.538. The number of nitro benzene ring substituents is 1. The molecular formula is C16H13N3O6. The summed E-state index contributed by atoms with van der Waals surface area (Å²) in [6.45, 7) is -0.496. The van der Waals surface area contributed by atoms with Gasteiger partial charge in [0.05, 0.1) is 4.92 Å². The monoisotopic (exact) mass is 343 g/mol. The van der Waals surface area contributed by atoms with E-state index < -0.39 is 29.3 Å². The molecule has 0 fully saturated rings. The van der Waals surface area contributed by atoms with Crippen LogP contribution in [-0.2, 0) is 4.79 Å². The average molecular weight is 343 g/mol. The molecule has 128 valence electrons. The van der Waals surface area contributed by atoms with E-state index >= 15 is 0 Å². The number of nitrogens with one attached hydrogen (secondary N) is 2. The van der Waals surface area contributed by atoms with Crippen molar-refractivity contribution in [2.45, 2.75) is 0 Å². The second-order valence-corrected chi connectivity index (χ2v) is 4.92. The summed E-state index contributed by atoms with van der Waals surface area (Å²) in [5, 5.41) is 24.0. The predicted molar refractivity (Wildman–Crippen MR) is 87.5 cm³/mol. The van der Waals surface area contributed by atoms with Crippen molar-refractivity contribution in [1.82, 2.24) is 5.32 Å². The van der Waals surface area contributed by atoms with Gasteiger partial charge in [0.1, 0.15) is 6.54 Å². The van der Waals surface area contributed by atoms with Gasteiger partial charge in [-0.15, -0.1) is 0 Å². The third kappa shape index (κ3) is 4.86. The largest absolute Gasteiger partial charge is 0.480 e. The third-order valence-corrected chi connectivity index (χ3v) is 3.12. The molecule has 0 unspecified atom stereocenters. The minimum Gasteiger partial charge on any atom is -0.480 e. The number of aliphatic carboxylic acids is 1. The van der Waals surface area contributed by atoms with E-state index in [0.29, 0.717) is 5.69 Å². The highest BCUT2D eigenvalue weighted by atomic mass is 16.6. The van der Waals surface area contributed by atoms with Crippen LogP contribution >= 0.6 is 0 Å². The molecule has 2 aromatic rings. The van der Waals surface area contributed by atoms with E-state index in [0.717, 1.165) is 6.07 Å². The first-order chi connectivity index (χ1) is 11.9. The van der Waals surface area contributed by atoms with Gasteiger partial charge in [0.25, 0.3) is 17.5 Å². The van der Waals surface area contributed by atoms with Crippen LogP contribution in [0.4, 0.5) is 11.4 Å². The zero-order chi connectivity index (χ0) is 18.4. The molecule has 0 bridgehead atoms. The maximum atomic E-state index is 12.1. The van der Waals surface area contributed by atoms with Crippen LogP contribution in [0.5, 0.6) is 0 Å². The number of amides is 2. The molecule has 0 radical (unpaired) electrons. The van der Waals surface area contributed by atoms with Gasteiger partial charge < -0.3 is 15.7 Å². The molecule has 25 heavy (non-hydrogen) atoms. The van der Waals surface area contributed by atoms with Gasteiger partial charge >= 0.3 is 5.97 Å². The van der Waals surface area contributed by atoms with Gasteiger partial charge in [0.15, 0.2) is 0 Å². The molecule has 3 N–H and O–H groups in total. The normalized spacial score (nSPS) is 9.92. The summed E-state index contributed by atoms with van der Waals surface area (Å²) in [7, 11) is 0. The maximum absolute atomic E-state index is 12.1. The van der Waals surface area contributed by atoms with E-state index in [9.17, 15) is 24.5 Å². The number of hydrogen-bond acceptors (Lipinski definition) is 5. The summed E-state index contributed by atoms with van der Waals surface area (Å²) in [5.41, 5.74) is 0.538. The molecule has 0 aliphatic heterocycles. The van der Waals surface area contributed by atoms with Gasteiger partial charge in [0, 0.05) is 28.9 Å². The first-order valence-electron chi connectivity index (χ1n) is 7.02. The maximum Gasteiger partial charge on any atom is 0.322 e. The topological polar surface area (TPSA) is 139 Å². The van der Waals surface area contributed by atoms with Crippen LogP contribution in [-0.4, -0.2) is 34.4 Å². The van der Waals surface area contributed by atoms with Crippen molar-refractivity contribution in [2.75, 3.05) is 11.9 Å². The summed E-state index contributed by atoms with van der Waals surface area (Å²) < 4.78 is 0. The number of anilines is 1. The molecule has 0 spiro atoms. The summed E-state index contributed by atoms with van der Waals surface area (Å²) >= 11 is 0. The van der Waals surface area contributed by atoms with Crippen molar-refractivity contribution < 1.29 is 24.4 Å². The van der Waals surface area contributed by atoms with E-state index in [2.05, 4.69) is 10.6 Å². The number of nitrogens with zero attached hydrogens (tertiary/aromatic N) is 1. The molecule has 0 aromatic heterocycles. The van der Waals surface area contributed by atoms with Crippen LogP contribution in [0, 0.1) is 10.1 Å². The number of non-ortho nitro benzene ring substituents is 1. The van der Waals surface area contributed by atoms with Crippen molar-refractivity contribution in [3.8, 4) is 0 Å². The number of carboxylic acid groups (broad SMARTS) is 1. The molecule has 2 amide bonds. The molecule has 0 aliphatic rings. The fourth-order valence-corrected chi connectivity index (χ4v) is 1.93. The molecule has 0 aliphatic carbocycles. The van der Waals surface area contributed by atoms with Gasteiger partial charge in [0.2, 0.25) is 0 Å². The van der Waals surface area contributed by atoms with E-state index in [-0.39, 0.29) is 16.8 Å². The van der Waals surface area contributed by atoms with Crippen molar-refractivity contribution in [3.05, 3.63) is 69.8 Å². The Morgan fingerprint density at radius 3 is 2.28 bits per heavy atom. The molecule has 0 heterocycles. The van der Waals surface area contributed by atoms with Gasteiger partial charge in [-0.2, -0.15) is 0 Å². The molecule has 0 atom stereocenters. The summed E-state index contributed by atoms with van der Waals surface area (Å²) in [6, 6.07) is 11.0. The lowest BCUT2D eigenvalue weighted by molar-refractivity contribution is -0.384. The Balaban J connectivity index is 2.04. The molecular weight excluding hydrogens is 330 g/mol. The molecule has 2 rings (SSSR count). The van der Waals surface area contributed by atoms with E-state index in [1.807, 2.05) is 0 Å². The average Bonchev–Trinajstić information content (AvgIpc) is 2.60. The highest BCUT2D eigenvalue weighted by Gasteiger charge is 2.12. The molecule has 9 heteroatoms. The van der Waals surface area contributed by atoms with Crippen LogP contribution < -0.4 is 10.6 Å². The lowest BCUT2D eigenvalue weighted by Gasteiger charge is -2.07. The summed E-state index contributed by atoms with van der Waals surface area (Å²) in [5.74, 6) is -2.25. The Kier molecular flexibility index (Phi) is 5.41. The van der Waals surface area contributed by atoms with Crippen molar-refractivity contribution in [3.63, 3.8) is 0 Å². The van der Waals surface area contributed by atoms with Crippen molar-refractivity contribution in [1.29, 1.82) is 0 Å². The van der Waals surface area contributed by atoms with Crippen LogP contribution in [0.2, 0.25) is 0 Å². The van der Waals surface area contributed by atoms with Gasteiger partial charge in [-0.05, 0) is 30.3 Å².